The van der Waals surface area contributed by atoms with Crippen LogP contribution in [-0.4, -0.2) is 23.5 Å². The lowest BCUT2D eigenvalue weighted by molar-refractivity contribution is -0.124. The number of hydrogen-bond donors (Lipinski definition) is 2. The van der Waals surface area contributed by atoms with E-state index in [0.717, 1.165) is 5.56 Å². The Bertz CT molecular complexity index is 642. The minimum absolute atomic E-state index is 0.231. The Morgan fingerprint density at radius 1 is 1.24 bits per heavy atom. The molecule has 0 fully saturated rings. The molecule has 1 aromatic heterocycles. The number of carbonyl (C=O) groups is 2. The molecule has 2 N–H and O–H groups in total. The minimum atomic E-state index is -0.584. The first-order chi connectivity index (χ1) is 10.1. The third-order valence-corrected chi connectivity index (χ3v) is 3.23. The standard InChI is InChI=1S/C14H12Cl2N2O3/c15-10-4-3-9(11(16)6-10)7-18-13(19)8-21-14(20)12-2-1-5-17-12/h1-6,17H,7-8H2,(H,18,19). The van der Waals surface area contributed by atoms with Gasteiger partial charge in [-0.3, -0.25) is 4.79 Å². The maximum atomic E-state index is 11.6. The predicted molar refractivity (Wildman–Crippen MR) is 79.4 cm³/mol. The van der Waals surface area contributed by atoms with Crippen LogP contribution in [0.3, 0.4) is 0 Å². The highest BCUT2D eigenvalue weighted by Gasteiger charge is 2.10. The van der Waals surface area contributed by atoms with E-state index in [-0.39, 0.29) is 13.2 Å². The van der Waals surface area contributed by atoms with Crippen molar-refractivity contribution in [1.82, 2.24) is 10.3 Å². The molecular weight excluding hydrogens is 315 g/mol. The Morgan fingerprint density at radius 3 is 2.71 bits per heavy atom. The quantitative estimate of drug-likeness (QED) is 0.830. The Kier molecular flexibility index (Phi) is 5.25. The van der Waals surface area contributed by atoms with E-state index in [2.05, 4.69) is 10.3 Å². The molecular formula is C14H12Cl2N2O3. The summed E-state index contributed by atoms with van der Waals surface area (Å²) in [6, 6.07) is 8.22. The van der Waals surface area contributed by atoms with Crippen LogP contribution >= 0.6 is 23.2 Å². The lowest BCUT2D eigenvalue weighted by Gasteiger charge is -2.07. The highest BCUT2D eigenvalue weighted by Crippen LogP contribution is 2.20. The average Bonchev–Trinajstić information content (AvgIpc) is 2.98. The Balaban J connectivity index is 1.78. The van der Waals surface area contributed by atoms with E-state index in [9.17, 15) is 9.59 Å². The van der Waals surface area contributed by atoms with Crippen LogP contribution in [0.5, 0.6) is 0 Å². The van der Waals surface area contributed by atoms with Crippen molar-refractivity contribution in [1.29, 1.82) is 0 Å². The van der Waals surface area contributed by atoms with Gasteiger partial charge in [-0.1, -0.05) is 29.3 Å². The molecule has 0 radical (unpaired) electrons. The van der Waals surface area contributed by atoms with Crippen LogP contribution in [0.1, 0.15) is 16.1 Å². The van der Waals surface area contributed by atoms with Crippen molar-refractivity contribution < 1.29 is 14.3 Å². The molecule has 0 aliphatic rings. The molecule has 0 bridgehead atoms. The second-order valence-electron chi connectivity index (χ2n) is 4.17. The number of benzene rings is 1. The zero-order chi connectivity index (χ0) is 15.2. The minimum Gasteiger partial charge on any atom is -0.451 e. The van der Waals surface area contributed by atoms with Gasteiger partial charge >= 0.3 is 5.97 Å². The normalized spacial score (nSPS) is 10.2. The monoisotopic (exact) mass is 326 g/mol. The third kappa shape index (κ3) is 4.51. The molecule has 0 aliphatic heterocycles. The molecule has 2 rings (SSSR count). The number of H-pyrrole nitrogens is 1. The van der Waals surface area contributed by atoms with Crippen LogP contribution in [0, 0.1) is 0 Å². The lowest BCUT2D eigenvalue weighted by Crippen LogP contribution is -2.28. The van der Waals surface area contributed by atoms with Crippen LogP contribution in [0.2, 0.25) is 10.0 Å². The van der Waals surface area contributed by atoms with Gasteiger partial charge in [-0.2, -0.15) is 0 Å². The number of nitrogens with one attached hydrogen (secondary N) is 2. The van der Waals surface area contributed by atoms with E-state index in [1.807, 2.05) is 0 Å². The summed E-state index contributed by atoms with van der Waals surface area (Å²) in [5, 5.41) is 3.59. The lowest BCUT2D eigenvalue weighted by atomic mass is 10.2. The molecule has 0 unspecified atom stereocenters. The number of rotatable bonds is 5. The molecule has 1 amide bonds. The van der Waals surface area contributed by atoms with Gasteiger partial charge in [0.2, 0.25) is 0 Å². The van der Waals surface area contributed by atoms with Crippen molar-refractivity contribution in [3.63, 3.8) is 0 Å². The van der Waals surface area contributed by atoms with Gasteiger partial charge in [0.1, 0.15) is 5.69 Å². The maximum Gasteiger partial charge on any atom is 0.355 e. The molecule has 1 aromatic carbocycles. The van der Waals surface area contributed by atoms with Gasteiger partial charge in [0.15, 0.2) is 6.61 Å². The Morgan fingerprint density at radius 2 is 2.05 bits per heavy atom. The van der Waals surface area contributed by atoms with Crippen LogP contribution < -0.4 is 5.32 Å². The molecule has 5 nitrogen and oxygen atoms in total. The SMILES string of the molecule is O=C(COC(=O)c1ccc[nH]1)NCc1ccc(Cl)cc1Cl. The predicted octanol–water partition coefficient (Wildman–Crippen LogP) is 2.79. The van der Waals surface area contributed by atoms with Crippen LogP contribution in [0.25, 0.3) is 0 Å². The van der Waals surface area contributed by atoms with E-state index < -0.39 is 11.9 Å². The maximum absolute atomic E-state index is 11.6. The fourth-order valence-corrected chi connectivity index (χ4v) is 2.05. The number of aromatic amines is 1. The summed E-state index contributed by atoms with van der Waals surface area (Å²) >= 11 is 11.8. The summed E-state index contributed by atoms with van der Waals surface area (Å²) in [4.78, 5) is 25.8. The Hall–Kier alpha value is -1.98. The summed E-state index contributed by atoms with van der Waals surface area (Å²) in [6.07, 6.45) is 1.60. The largest absolute Gasteiger partial charge is 0.451 e. The summed E-state index contributed by atoms with van der Waals surface area (Å²) in [5.41, 5.74) is 1.02. The van der Waals surface area contributed by atoms with Crippen molar-refractivity contribution in [2.75, 3.05) is 6.61 Å². The summed E-state index contributed by atoms with van der Waals surface area (Å²) in [7, 11) is 0. The average molecular weight is 327 g/mol. The van der Waals surface area contributed by atoms with Crippen molar-refractivity contribution >= 4 is 35.1 Å². The topological polar surface area (TPSA) is 71.2 Å². The van der Waals surface area contributed by atoms with Crippen molar-refractivity contribution in [2.45, 2.75) is 6.54 Å². The zero-order valence-corrected chi connectivity index (χ0v) is 12.4. The first-order valence-electron chi connectivity index (χ1n) is 6.07. The van der Waals surface area contributed by atoms with Gasteiger partial charge in [0.05, 0.1) is 0 Å². The molecule has 0 atom stereocenters. The molecule has 7 heteroatoms. The van der Waals surface area contributed by atoms with Crippen molar-refractivity contribution in [3.8, 4) is 0 Å². The third-order valence-electron chi connectivity index (χ3n) is 2.64. The van der Waals surface area contributed by atoms with Gasteiger partial charge < -0.3 is 15.0 Å². The highest BCUT2D eigenvalue weighted by atomic mass is 35.5. The second kappa shape index (κ2) is 7.15. The first kappa shape index (κ1) is 15.4. The molecule has 0 aliphatic carbocycles. The smallest absolute Gasteiger partial charge is 0.355 e. The summed E-state index contributed by atoms with van der Waals surface area (Å²) in [5.74, 6) is -0.999. The van der Waals surface area contributed by atoms with Gasteiger partial charge in [0, 0.05) is 22.8 Å². The Labute approximate surface area is 131 Å². The molecule has 1 heterocycles. The summed E-state index contributed by atoms with van der Waals surface area (Å²) < 4.78 is 4.85. The number of hydrogen-bond acceptors (Lipinski definition) is 3. The van der Waals surface area contributed by atoms with Gasteiger partial charge in [0.25, 0.3) is 5.91 Å². The summed E-state index contributed by atoms with van der Waals surface area (Å²) in [6.45, 7) is -0.127. The van der Waals surface area contributed by atoms with E-state index in [1.165, 1.54) is 0 Å². The van der Waals surface area contributed by atoms with Crippen molar-refractivity contribution in [2.24, 2.45) is 0 Å². The van der Waals surface area contributed by atoms with Crippen LogP contribution in [0.4, 0.5) is 0 Å². The van der Waals surface area contributed by atoms with E-state index in [1.54, 1.807) is 36.5 Å². The van der Waals surface area contributed by atoms with E-state index >= 15 is 0 Å². The molecule has 110 valence electrons. The second-order valence-corrected chi connectivity index (χ2v) is 5.02. The highest BCUT2D eigenvalue weighted by molar-refractivity contribution is 6.35. The number of carbonyl (C=O) groups excluding carboxylic acids is 2. The first-order valence-corrected chi connectivity index (χ1v) is 6.83. The molecule has 0 spiro atoms. The molecule has 2 aromatic rings. The number of esters is 1. The van der Waals surface area contributed by atoms with Crippen LogP contribution in [-0.2, 0) is 16.1 Å². The fourth-order valence-electron chi connectivity index (χ4n) is 1.58. The van der Waals surface area contributed by atoms with Crippen molar-refractivity contribution in [3.05, 3.63) is 57.8 Å². The molecule has 21 heavy (non-hydrogen) atoms. The number of aromatic nitrogens is 1. The molecule has 0 saturated heterocycles. The van der Waals surface area contributed by atoms with Gasteiger partial charge in [-0.05, 0) is 29.8 Å². The zero-order valence-electron chi connectivity index (χ0n) is 10.9. The van der Waals surface area contributed by atoms with E-state index in [4.69, 9.17) is 27.9 Å². The number of amides is 1. The van der Waals surface area contributed by atoms with Gasteiger partial charge in [-0.15, -0.1) is 0 Å². The molecule has 0 saturated carbocycles. The number of ether oxygens (including phenoxy) is 1. The number of halogens is 2. The van der Waals surface area contributed by atoms with E-state index in [0.29, 0.717) is 15.7 Å². The van der Waals surface area contributed by atoms with Gasteiger partial charge in [-0.25, -0.2) is 4.79 Å². The fraction of sp³-hybridized carbons (Fsp3) is 0.143. The van der Waals surface area contributed by atoms with Crippen LogP contribution in [0.15, 0.2) is 36.5 Å².